The second kappa shape index (κ2) is 5.95. The van der Waals surface area contributed by atoms with E-state index in [4.69, 9.17) is 23.0 Å². The Labute approximate surface area is 95.5 Å². The Hall–Kier alpha value is 0.219. The predicted molar refractivity (Wildman–Crippen MR) is 74.8 cm³/mol. The molecular formula is C5H3B8S. The van der Waals surface area contributed by atoms with E-state index in [2.05, 4.69) is 0 Å². The maximum absolute atomic E-state index is 5.84. The van der Waals surface area contributed by atoms with Crippen LogP contribution < -0.4 is 20.5 Å². The fraction of sp³-hybridized carbons (Fsp3) is 0.200. The van der Waals surface area contributed by atoms with E-state index in [0.717, 1.165) is 20.5 Å². The van der Waals surface area contributed by atoms with E-state index in [1.165, 1.54) is 18.0 Å². The van der Waals surface area contributed by atoms with Crippen molar-refractivity contribution in [2.24, 2.45) is 0 Å². The van der Waals surface area contributed by atoms with Gasteiger partial charge in [-0.15, -0.1) is 0 Å². The van der Waals surface area contributed by atoms with Gasteiger partial charge >= 0.3 is 95.5 Å². The molecule has 0 N–H and O–H groups in total. The third kappa shape index (κ3) is 2.62. The summed E-state index contributed by atoms with van der Waals surface area (Å²) in [6, 6.07) is 0. The zero-order valence-electron chi connectivity index (χ0n) is 8.03. The Bertz CT molecular complexity index is 391. The average Bonchev–Trinajstić information content (AvgIpc) is 2.44. The van der Waals surface area contributed by atoms with Crippen LogP contribution in [0, 0.1) is 0 Å². The molecule has 0 nitrogen and oxygen atoms in total. The molecule has 0 atom stereocenters. The maximum atomic E-state index is 5.84. The van der Waals surface area contributed by atoms with Crippen molar-refractivity contribution in [3.8, 4) is 0 Å². The molecular weight excluding hydrogens is 179 g/mol. The van der Waals surface area contributed by atoms with Crippen molar-refractivity contribution in [1.29, 1.82) is 0 Å². The predicted octanol–water partition coefficient (Wildman–Crippen LogP) is -4.02. The molecule has 0 aliphatic heterocycles. The molecule has 0 amide bonds. The van der Waals surface area contributed by atoms with E-state index >= 15 is 0 Å². The molecule has 53 valence electrons. The van der Waals surface area contributed by atoms with Gasteiger partial charge < -0.3 is 0 Å². The summed E-state index contributed by atoms with van der Waals surface area (Å²) in [4.78, 5) is 0. The first-order chi connectivity index (χ1) is 6.74. The van der Waals surface area contributed by atoms with E-state index in [9.17, 15) is 0 Å². The second-order valence-electron chi connectivity index (χ2n) is 2.68. The molecule has 0 saturated carbocycles. The van der Waals surface area contributed by atoms with Gasteiger partial charge in [0, 0.05) is 0 Å². The molecule has 0 aliphatic carbocycles. The van der Waals surface area contributed by atoms with Crippen LogP contribution in [0.4, 0.5) is 0 Å². The molecule has 1 heterocycles. The molecule has 0 saturated heterocycles. The molecule has 5 radical (unpaired) electrons. The number of rotatable bonds is 3. The van der Waals surface area contributed by atoms with E-state index in [1.807, 2.05) is 20.4 Å². The van der Waals surface area contributed by atoms with Crippen LogP contribution in [0.3, 0.4) is 0 Å². The van der Waals surface area contributed by atoms with Crippen LogP contribution in [0.1, 0.15) is 0 Å². The first-order valence-electron chi connectivity index (χ1n) is 4.22. The summed E-state index contributed by atoms with van der Waals surface area (Å²) >= 11 is 1.50. The van der Waals surface area contributed by atoms with Crippen molar-refractivity contribution < 1.29 is 0 Å². The normalized spacial score (nSPS) is 8.86. The molecule has 9 heteroatoms. The van der Waals surface area contributed by atoms with E-state index < -0.39 is 0 Å². The van der Waals surface area contributed by atoms with Gasteiger partial charge in [-0.3, -0.25) is 0 Å². The molecule has 0 spiro atoms. The van der Waals surface area contributed by atoms with Gasteiger partial charge in [-0.2, -0.15) is 0 Å². The molecule has 1 aromatic rings. The molecule has 1 aromatic heterocycles. The SMILES string of the molecule is [B]B=Bc1c([B])sc(B=BC)c1B=[B]. The second-order valence-corrected chi connectivity index (χ2v) is 3.77. The van der Waals surface area contributed by atoms with Gasteiger partial charge in [0.15, 0.2) is 0 Å². The first-order valence-corrected chi connectivity index (χ1v) is 5.04. The average molecular weight is 182 g/mol. The Balaban J connectivity index is 3.34. The van der Waals surface area contributed by atoms with E-state index in [-0.39, 0.29) is 0 Å². The molecule has 0 unspecified atom stereocenters. The summed E-state index contributed by atoms with van der Waals surface area (Å²) in [6.45, 7) is 10.7. The van der Waals surface area contributed by atoms with Gasteiger partial charge in [0.2, 0.25) is 0 Å². The zero-order chi connectivity index (χ0) is 10.6. The number of hydrogen-bond donors (Lipinski definition) is 0. The van der Waals surface area contributed by atoms with Gasteiger partial charge in [0.25, 0.3) is 0 Å². The topological polar surface area (TPSA) is 0 Å². The third-order valence-electron chi connectivity index (χ3n) is 1.79. The molecule has 1 rings (SSSR count). The van der Waals surface area contributed by atoms with E-state index in [0.29, 0.717) is 0 Å². The van der Waals surface area contributed by atoms with Crippen molar-refractivity contribution >= 4 is 88.7 Å². The Kier molecular flexibility index (Phi) is 5.22. The van der Waals surface area contributed by atoms with Crippen LogP contribution >= 0.6 is 11.3 Å². The quantitative estimate of drug-likeness (QED) is 0.417. The fourth-order valence-corrected chi connectivity index (χ4v) is 2.23. The monoisotopic (exact) mass is 183 g/mol. The molecule has 0 fully saturated rings. The number of hydrogen-bond acceptors (Lipinski definition) is 1. The van der Waals surface area contributed by atoms with Gasteiger partial charge in [0.05, 0.1) is 0 Å². The Morgan fingerprint density at radius 1 is 1.21 bits per heavy atom. The molecule has 14 heavy (non-hydrogen) atoms. The third-order valence-corrected chi connectivity index (χ3v) is 2.80. The standard InChI is InChI=1S/C5H3B8S/c1-9-12-5-3(10-7)2(11-13-8)4(6)14-5/h1H3. The zero-order valence-corrected chi connectivity index (χ0v) is 8.84. The number of thiophene rings is 1. The van der Waals surface area contributed by atoms with Crippen LogP contribution in [-0.2, 0) is 0 Å². The molecule has 0 bridgehead atoms. The summed E-state index contributed by atoms with van der Waals surface area (Å²) in [5, 5.41) is 0. The van der Waals surface area contributed by atoms with Crippen LogP contribution in [-0.4, -0.2) is 56.9 Å². The van der Waals surface area contributed by atoms with Crippen molar-refractivity contribution in [1.82, 2.24) is 0 Å². The van der Waals surface area contributed by atoms with E-state index in [1.54, 1.807) is 13.6 Å². The van der Waals surface area contributed by atoms with Gasteiger partial charge in [-0.25, -0.2) is 0 Å². The summed E-state index contributed by atoms with van der Waals surface area (Å²) in [5.41, 5.74) is 1.83. The molecule has 0 aromatic carbocycles. The van der Waals surface area contributed by atoms with Crippen molar-refractivity contribution in [3.05, 3.63) is 0 Å². The summed E-state index contributed by atoms with van der Waals surface area (Å²) < 4.78 is 1.79. The van der Waals surface area contributed by atoms with Crippen LogP contribution in [0.25, 0.3) is 0 Å². The van der Waals surface area contributed by atoms with Gasteiger partial charge in [0.1, 0.15) is 0 Å². The van der Waals surface area contributed by atoms with Crippen LogP contribution in [0.5, 0.6) is 0 Å². The minimum atomic E-state index is 0.733. The fourth-order valence-electron chi connectivity index (χ4n) is 1.21. The summed E-state index contributed by atoms with van der Waals surface area (Å²) in [6.07, 6.45) is 0. The Morgan fingerprint density at radius 3 is 2.43 bits per heavy atom. The first kappa shape index (κ1) is 12.3. The van der Waals surface area contributed by atoms with Crippen LogP contribution in [0.15, 0.2) is 0 Å². The molecule has 0 aliphatic rings. The van der Waals surface area contributed by atoms with Crippen molar-refractivity contribution in [3.63, 3.8) is 0 Å². The van der Waals surface area contributed by atoms with Crippen LogP contribution in [0.2, 0.25) is 6.82 Å². The van der Waals surface area contributed by atoms with Gasteiger partial charge in [-0.05, 0) is 0 Å². The van der Waals surface area contributed by atoms with Crippen molar-refractivity contribution in [2.75, 3.05) is 0 Å². The minimum absolute atomic E-state index is 0.733. The summed E-state index contributed by atoms with van der Waals surface area (Å²) in [7, 11) is 16.7. The van der Waals surface area contributed by atoms with Gasteiger partial charge in [-0.1, -0.05) is 0 Å². The Morgan fingerprint density at radius 2 is 1.93 bits per heavy atom. The summed E-state index contributed by atoms with van der Waals surface area (Å²) in [5.74, 6) is 0. The van der Waals surface area contributed by atoms with Crippen molar-refractivity contribution in [2.45, 2.75) is 6.82 Å².